The van der Waals surface area contributed by atoms with E-state index in [4.69, 9.17) is 37.9 Å². The lowest BCUT2D eigenvalue weighted by Crippen LogP contribution is -2.63. The van der Waals surface area contributed by atoms with E-state index in [-0.39, 0.29) is 60.1 Å². The number of ketones is 1. The van der Waals surface area contributed by atoms with Gasteiger partial charge in [0.1, 0.15) is 0 Å². The number of carbonyl (C=O) groups is 2. The first-order chi connectivity index (χ1) is 28.5. The van der Waals surface area contributed by atoms with Crippen molar-refractivity contribution in [1.82, 2.24) is 0 Å². The quantitative estimate of drug-likeness (QED) is 0.154. The van der Waals surface area contributed by atoms with E-state index in [9.17, 15) is 30.0 Å². The van der Waals surface area contributed by atoms with Crippen LogP contribution in [-0.2, 0) is 47.5 Å². The lowest BCUT2D eigenvalue weighted by atomic mass is 9.77. The number of allylic oxidation sites excluding steroid dienone is 1. The third kappa shape index (κ3) is 9.57. The monoisotopic (exact) mass is 867 g/mol. The molecular formula is C47H78O14. The predicted octanol–water partition coefficient (Wildman–Crippen LogP) is 6.15. The van der Waals surface area contributed by atoms with Crippen LogP contribution in [0.25, 0.3) is 0 Å². The predicted molar refractivity (Wildman–Crippen MR) is 224 cm³/mol. The minimum atomic E-state index is -1.85. The van der Waals surface area contributed by atoms with Gasteiger partial charge in [0.25, 0.3) is 0 Å². The molecule has 14 nitrogen and oxygen atoms in total. The maximum atomic E-state index is 13.3. The number of Topliss-reactive ketones (excluding diaryl/α,β-unsaturated/α-hetero) is 1. The molecule has 6 aliphatic rings. The van der Waals surface area contributed by atoms with Crippen LogP contribution in [0.2, 0.25) is 0 Å². The summed E-state index contributed by atoms with van der Waals surface area (Å²) in [7, 11) is 1.69. The number of hydrogen-bond donors (Lipinski definition) is 4. The molecule has 6 rings (SSSR count). The Hall–Kier alpha value is -1.56. The highest BCUT2D eigenvalue weighted by Crippen LogP contribution is 2.56. The van der Waals surface area contributed by atoms with Gasteiger partial charge >= 0.3 is 5.97 Å². The van der Waals surface area contributed by atoms with E-state index in [1.54, 1.807) is 27.9 Å². The Kier molecular flexibility index (Phi) is 15.0. The van der Waals surface area contributed by atoms with Crippen molar-refractivity contribution in [1.29, 1.82) is 0 Å². The number of aliphatic hydroxyl groups excluding tert-OH is 2. The SMILES string of the molecule is CO[C@@H]1CC[C@H](O[C@@H]2[C@H](C)[C@H]([C@H]3C[C@H](C)[C@@]4(O[C@H]([C@]5(C)CC[C@]6(C[C@H](O)[C@@H](C)[C@H]([C@@H](C)/C=C(\C)C(=O)[C@H](C)C[C@@H](C)C(=O)O)O6)O5)CC[C@H]4C)O3)O[C@@](O)(CO)[C@H]2C)O[C@@H]1C. The van der Waals surface area contributed by atoms with Crippen molar-refractivity contribution in [3.8, 4) is 0 Å². The van der Waals surface area contributed by atoms with Gasteiger partial charge in [0.05, 0.1) is 67.0 Å². The van der Waals surface area contributed by atoms with Crippen molar-refractivity contribution in [3.63, 3.8) is 0 Å². The Morgan fingerprint density at radius 2 is 1.61 bits per heavy atom. The molecule has 0 bridgehead atoms. The molecule has 21 atom stereocenters. The molecule has 0 saturated carbocycles. The molecule has 0 unspecified atom stereocenters. The molecule has 0 radical (unpaired) electrons. The van der Waals surface area contributed by atoms with Crippen LogP contribution in [0.15, 0.2) is 11.6 Å². The molecule has 61 heavy (non-hydrogen) atoms. The normalized spacial score (nSPS) is 48.6. The third-order valence-corrected chi connectivity index (χ3v) is 15.9. The molecule has 0 aliphatic carbocycles. The zero-order valence-corrected chi connectivity index (χ0v) is 38.8. The fraction of sp³-hybridized carbons (Fsp3) is 0.915. The molecule has 4 N–H and O–H groups in total. The van der Waals surface area contributed by atoms with E-state index < -0.39 is 90.1 Å². The van der Waals surface area contributed by atoms with Crippen LogP contribution in [0.4, 0.5) is 0 Å². The van der Waals surface area contributed by atoms with Gasteiger partial charge in [-0.05, 0) is 64.9 Å². The van der Waals surface area contributed by atoms with E-state index in [1.807, 2.05) is 33.8 Å². The highest BCUT2D eigenvalue weighted by molar-refractivity contribution is 5.96. The molecule has 14 heteroatoms. The molecule has 350 valence electrons. The highest BCUT2D eigenvalue weighted by atomic mass is 16.8. The standard InChI is InChI=1S/C47H78O14/c1-24(39(50)25(2)20-27(4)43(51)52)19-26(3)40-30(7)34(49)22-45(59-40)18-17-44(11,61-45)37-15-13-28(5)47(58-37)29(6)21-36(57-47)42-31(8)41(32(9)46(53,23-48)60-42)56-38-16-14-35(54-12)33(10)55-38/h19,25-38,40-42,48-49,53H,13-18,20-23H2,1-12H3,(H,51,52)/b24-19+/t25-,26+,27-,28-,29+,30-,31+,32+,33-,34+,35-,36-,37+,38+,40+,41-,42-,44+,45-,46+,47-/m1/s1. The number of rotatable bonds is 13. The Labute approximate surface area is 363 Å². The molecule has 2 spiro atoms. The number of carbonyl (C=O) groups excluding carboxylic acids is 1. The fourth-order valence-corrected chi connectivity index (χ4v) is 11.8. The van der Waals surface area contributed by atoms with Crippen molar-refractivity contribution < 1.29 is 67.9 Å². The summed E-state index contributed by atoms with van der Waals surface area (Å²) in [6.45, 7) is 20.8. The highest BCUT2D eigenvalue weighted by Gasteiger charge is 2.64. The first-order valence-corrected chi connectivity index (χ1v) is 23.2. The minimum absolute atomic E-state index is 0.0147. The van der Waals surface area contributed by atoms with Gasteiger partial charge in [0, 0.05) is 67.8 Å². The number of methoxy groups -OCH3 is 1. The summed E-state index contributed by atoms with van der Waals surface area (Å²) < 4.78 is 53.1. The summed E-state index contributed by atoms with van der Waals surface area (Å²) in [6.07, 6.45) is 3.63. The summed E-state index contributed by atoms with van der Waals surface area (Å²) in [5.41, 5.74) is -0.196. The van der Waals surface area contributed by atoms with Gasteiger partial charge in [-0.25, -0.2) is 0 Å². The molecule has 6 saturated heterocycles. The summed E-state index contributed by atoms with van der Waals surface area (Å²) in [5, 5.41) is 43.1. The zero-order valence-electron chi connectivity index (χ0n) is 38.8. The minimum Gasteiger partial charge on any atom is -0.481 e. The number of carboxylic acids is 1. The Morgan fingerprint density at radius 3 is 2.25 bits per heavy atom. The number of hydrogen-bond acceptors (Lipinski definition) is 13. The summed E-state index contributed by atoms with van der Waals surface area (Å²) in [5.74, 6) is -7.13. The fourth-order valence-electron chi connectivity index (χ4n) is 11.8. The van der Waals surface area contributed by atoms with Gasteiger partial charge in [-0.3, -0.25) is 9.59 Å². The first-order valence-electron chi connectivity index (χ1n) is 23.2. The maximum Gasteiger partial charge on any atom is 0.306 e. The molecule has 0 aromatic heterocycles. The van der Waals surface area contributed by atoms with Gasteiger partial charge in [-0.2, -0.15) is 0 Å². The van der Waals surface area contributed by atoms with Crippen LogP contribution >= 0.6 is 0 Å². The molecular weight excluding hydrogens is 789 g/mol. The Balaban J connectivity index is 1.15. The van der Waals surface area contributed by atoms with E-state index in [2.05, 4.69) is 27.7 Å². The van der Waals surface area contributed by atoms with Crippen LogP contribution in [-0.4, -0.2) is 124 Å². The number of ether oxygens (including phenoxy) is 8. The second-order valence-electron chi connectivity index (χ2n) is 20.5. The molecule has 6 aliphatic heterocycles. The summed E-state index contributed by atoms with van der Waals surface area (Å²) in [4.78, 5) is 24.7. The van der Waals surface area contributed by atoms with Gasteiger partial charge in [-0.1, -0.05) is 61.5 Å². The van der Waals surface area contributed by atoms with Crippen molar-refractivity contribution in [2.24, 2.45) is 47.3 Å². The summed E-state index contributed by atoms with van der Waals surface area (Å²) >= 11 is 0. The van der Waals surface area contributed by atoms with Crippen LogP contribution in [0.1, 0.15) is 134 Å². The van der Waals surface area contributed by atoms with Crippen LogP contribution < -0.4 is 0 Å². The molecule has 0 aromatic rings. The van der Waals surface area contributed by atoms with Gasteiger partial charge in [-0.15, -0.1) is 0 Å². The zero-order chi connectivity index (χ0) is 45.0. The second-order valence-corrected chi connectivity index (χ2v) is 20.5. The molecule has 6 fully saturated rings. The number of carboxylic acid groups (broad SMARTS) is 1. The lowest BCUT2D eigenvalue weighted by Gasteiger charge is -2.52. The molecule has 6 heterocycles. The lowest BCUT2D eigenvalue weighted by molar-refractivity contribution is -0.384. The van der Waals surface area contributed by atoms with Crippen LogP contribution in [0.5, 0.6) is 0 Å². The topological polar surface area (TPSA) is 189 Å². The number of aliphatic hydroxyl groups is 3. The largest absolute Gasteiger partial charge is 0.481 e. The van der Waals surface area contributed by atoms with Crippen LogP contribution in [0.3, 0.4) is 0 Å². The smallest absolute Gasteiger partial charge is 0.306 e. The van der Waals surface area contributed by atoms with Gasteiger partial charge in [0.2, 0.25) is 0 Å². The van der Waals surface area contributed by atoms with E-state index in [1.165, 1.54) is 0 Å². The summed E-state index contributed by atoms with van der Waals surface area (Å²) in [6, 6.07) is 0. The average molecular weight is 867 g/mol. The average Bonchev–Trinajstić information content (AvgIpc) is 3.72. The first kappa shape index (κ1) is 48.9. The van der Waals surface area contributed by atoms with Crippen LogP contribution in [0, 0.1) is 47.3 Å². The van der Waals surface area contributed by atoms with Gasteiger partial charge in [0.15, 0.2) is 29.4 Å². The van der Waals surface area contributed by atoms with Crippen molar-refractivity contribution in [2.45, 2.75) is 212 Å². The van der Waals surface area contributed by atoms with Crippen molar-refractivity contribution in [3.05, 3.63) is 11.6 Å². The van der Waals surface area contributed by atoms with E-state index in [0.29, 0.717) is 37.7 Å². The Bertz CT molecular complexity index is 1570. The molecule has 0 aromatic carbocycles. The Morgan fingerprint density at radius 1 is 0.902 bits per heavy atom. The number of aliphatic carboxylic acids is 1. The maximum absolute atomic E-state index is 13.3. The van der Waals surface area contributed by atoms with E-state index >= 15 is 0 Å². The second kappa shape index (κ2) is 18.7. The third-order valence-electron chi connectivity index (χ3n) is 15.9. The van der Waals surface area contributed by atoms with E-state index in [0.717, 1.165) is 19.3 Å². The van der Waals surface area contributed by atoms with Crippen molar-refractivity contribution >= 4 is 11.8 Å². The molecule has 0 amide bonds. The van der Waals surface area contributed by atoms with Crippen molar-refractivity contribution in [2.75, 3.05) is 13.7 Å². The van der Waals surface area contributed by atoms with Gasteiger partial charge < -0.3 is 58.3 Å².